The van der Waals surface area contributed by atoms with Crippen molar-refractivity contribution in [3.8, 4) is 0 Å². The standard InChI is InChI=1S/C12H17ClFN/c1-3-4-8-11(15-2)12-9(13)6-5-7-10(12)14/h5-7,11,15H,3-4,8H2,1-2H3. The van der Waals surface area contributed by atoms with Crippen LogP contribution < -0.4 is 5.32 Å². The largest absolute Gasteiger partial charge is 0.313 e. The molecule has 1 N–H and O–H groups in total. The zero-order valence-electron chi connectivity index (χ0n) is 9.19. The fourth-order valence-electron chi connectivity index (χ4n) is 1.68. The van der Waals surface area contributed by atoms with E-state index < -0.39 is 0 Å². The lowest BCUT2D eigenvalue weighted by molar-refractivity contribution is 0.492. The predicted octanol–water partition coefficient (Wildman–Crippen LogP) is 3.93. The quantitative estimate of drug-likeness (QED) is 0.807. The van der Waals surface area contributed by atoms with E-state index in [1.807, 2.05) is 7.05 Å². The molecule has 0 heterocycles. The van der Waals surface area contributed by atoms with Crippen LogP contribution in [0.4, 0.5) is 4.39 Å². The molecule has 3 heteroatoms. The molecular formula is C12H17ClFN. The van der Waals surface area contributed by atoms with Gasteiger partial charge in [0, 0.05) is 16.6 Å². The maximum absolute atomic E-state index is 13.6. The summed E-state index contributed by atoms with van der Waals surface area (Å²) in [6.45, 7) is 2.12. The highest BCUT2D eigenvalue weighted by molar-refractivity contribution is 6.31. The number of hydrogen-bond acceptors (Lipinski definition) is 1. The van der Waals surface area contributed by atoms with Crippen molar-refractivity contribution in [2.75, 3.05) is 7.05 Å². The maximum atomic E-state index is 13.6. The first kappa shape index (κ1) is 12.5. The summed E-state index contributed by atoms with van der Waals surface area (Å²) in [6, 6.07) is 4.83. The molecule has 0 aliphatic rings. The summed E-state index contributed by atoms with van der Waals surface area (Å²) in [7, 11) is 1.84. The van der Waals surface area contributed by atoms with E-state index in [1.54, 1.807) is 12.1 Å². The minimum Gasteiger partial charge on any atom is -0.313 e. The normalized spacial score (nSPS) is 12.8. The third kappa shape index (κ3) is 3.18. The molecule has 1 unspecified atom stereocenters. The lowest BCUT2D eigenvalue weighted by Gasteiger charge is -2.18. The van der Waals surface area contributed by atoms with Crippen LogP contribution in [0.5, 0.6) is 0 Å². The molecule has 0 aliphatic carbocycles. The van der Waals surface area contributed by atoms with Crippen molar-refractivity contribution in [2.24, 2.45) is 0 Å². The van der Waals surface area contributed by atoms with Crippen LogP contribution in [0.1, 0.15) is 37.8 Å². The zero-order chi connectivity index (χ0) is 11.3. The fraction of sp³-hybridized carbons (Fsp3) is 0.500. The summed E-state index contributed by atoms with van der Waals surface area (Å²) in [5, 5.41) is 3.62. The van der Waals surface area contributed by atoms with Crippen molar-refractivity contribution in [3.05, 3.63) is 34.6 Å². The first-order chi connectivity index (χ1) is 7.20. The average molecular weight is 230 g/mol. The van der Waals surface area contributed by atoms with Crippen molar-refractivity contribution in [1.82, 2.24) is 5.32 Å². The van der Waals surface area contributed by atoms with E-state index in [1.165, 1.54) is 6.07 Å². The Morgan fingerprint density at radius 2 is 2.20 bits per heavy atom. The Morgan fingerprint density at radius 1 is 1.47 bits per heavy atom. The van der Waals surface area contributed by atoms with Crippen molar-refractivity contribution in [2.45, 2.75) is 32.2 Å². The SMILES string of the molecule is CCCCC(NC)c1c(F)cccc1Cl. The highest BCUT2D eigenvalue weighted by atomic mass is 35.5. The molecule has 0 saturated heterocycles. The zero-order valence-corrected chi connectivity index (χ0v) is 9.94. The lowest BCUT2D eigenvalue weighted by Crippen LogP contribution is -2.18. The average Bonchev–Trinajstić information content (AvgIpc) is 2.22. The molecule has 1 nitrogen and oxygen atoms in total. The van der Waals surface area contributed by atoms with Gasteiger partial charge in [0.1, 0.15) is 5.82 Å². The molecule has 0 aromatic heterocycles. The Bertz CT molecular complexity index is 294. The van der Waals surface area contributed by atoms with E-state index in [4.69, 9.17) is 11.6 Å². The van der Waals surface area contributed by atoms with Gasteiger partial charge in [-0.3, -0.25) is 0 Å². The van der Waals surface area contributed by atoms with E-state index in [-0.39, 0.29) is 11.9 Å². The Hall–Kier alpha value is -0.600. The van der Waals surface area contributed by atoms with E-state index >= 15 is 0 Å². The minimum absolute atomic E-state index is 0.0126. The van der Waals surface area contributed by atoms with Gasteiger partial charge in [0.05, 0.1) is 0 Å². The molecule has 15 heavy (non-hydrogen) atoms. The minimum atomic E-state index is -0.224. The van der Waals surface area contributed by atoms with Crippen LogP contribution in [0.25, 0.3) is 0 Å². The number of benzene rings is 1. The van der Waals surface area contributed by atoms with E-state index in [9.17, 15) is 4.39 Å². The number of halogens is 2. The van der Waals surface area contributed by atoms with Crippen LogP contribution in [0.15, 0.2) is 18.2 Å². The van der Waals surface area contributed by atoms with Crippen LogP contribution >= 0.6 is 11.6 Å². The first-order valence-corrected chi connectivity index (χ1v) is 5.69. The van der Waals surface area contributed by atoms with Gasteiger partial charge in [0.25, 0.3) is 0 Å². The summed E-state index contributed by atoms with van der Waals surface area (Å²) >= 11 is 6.00. The van der Waals surface area contributed by atoms with Gasteiger partial charge in [-0.2, -0.15) is 0 Å². The highest BCUT2D eigenvalue weighted by Crippen LogP contribution is 2.28. The van der Waals surface area contributed by atoms with E-state index in [2.05, 4.69) is 12.2 Å². The summed E-state index contributed by atoms with van der Waals surface area (Å²) in [4.78, 5) is 0. The van der Waals surface area contributed by atoms with Crippen LogP contribution in [-0.2, 0) is 0 Å². The highest BCUT2D eigenvalue weighted by Gasteiger charge is 2.16. The molecule has 84 valence electrons. The second-order valence-electron chi connectivity index (χ2n) is 3.62. The second kappa shape index (κ2) is 6.09. The predicted molar refractivity (Wildman–Crippen MR) is 62.7 cm³/mol. The van der Waals surface area contributed by atoms with Gasteiger partial charge in [0.2, 0.25) is 0 Å². The third-order valence-electron chi connectivity index (χ3n) is 2.54. The summed E-state index contributed by atoms with van der Waals surface area (Å²) in [5.74, 6) is -0.224. The maximum Gasteiger partial charge on any atom is 0.129 e. The Kier molecular flexibility index (Phi) is 5.06. The number of hydrogen-bond donors (Lipinski definition) is 1. The van der Waals surface area contributed by atoms with E-state index in [0.717, 1.165) is 19.3 Å². The molecule has 1 atom stereocenters. The molecule has 0 bridgehead atoms. The smallest absolute Gasteiger partial charge is 0.129 e. The molecule has 0 amide bonds. The summed E-state index contributed by atoms with van der Waals surface area (Å²) in [5.41, 5.74) is 0.593. The van der Waals surface area contributed by atoms with Crippen LogP contribution in [-0.4, -0.2) is 7.05 Å². The monoisotopic (exact) mass is 229 g/mol. The van der Waals surface area contributed by atoms with Crippen LogP contribution in [0, 0.1) is 5.82 Å². The second-order valence-corrected chi connectivity index (χ2v) is 4.03. The molecule has 0 aliphatic heterocycles. The van der Waals surface area contributed by atoms with Crippen molar-refractivity contribution < 1.29 is 4.39 Å². The third-order valence-corrected chi connectivity index (χ3v) is 2.87. The molecule has 0 saturated carbocycles. The van der Waals surface area contributed by atoms with Gasteiger partial charge in [-0.25, -0.2) is 4.39 Å². The van der Waals surface area contributed by atoms with Gasteiger partial charge in [0.15, 0.2) is 0 Å². The van der Waals surface area contributed by atoms with Gasteiger partial charge in [-0.05, 0) is 25.6 Å². The molecule has 0 spiro atoms. The Labute approximate surface area is 95.6 Å². The number of rotatable bonds is 5. The molecule has 1 rings (SSSR count). The van der Waals surface area contributed by atoms with Gasteiger partial charge < -0.3 is 5.32 Å². The van der Waals surface area contributed by atoms with Crippen molar-refractivity contribution in [1.29, 1.82) is 0 Å². The van der Waals surface area contributed by atoms with Gasteiger partial charge in [-0.1, -0.05) is 37.4 Å². The fourth-order valence-corrected chi connectivity index (χ4v) is 1.98. The van der Waals surface area contributed by atoms with E-state index in [0.29, 0.717) is 10.6 Å². The molecule has 1 aromatic rings. The van der Waals surface area contributed by atoms with Crippen molar-refractivity contribution >= 4 is 11.6 Å². The first-order valence-electron chi connectivity index (χ1n) is 5.31. The summed E-state index contributed by atoms with van der Waals surface area (Å²) < 4.78 is 13.6. The summed E-state index contributed by atoms with van der Waals surface area (Å²) in [6.07, 6.45) is 3.08. The van der Waals surface area contributed by atoms with Crippen LogP contribution in [0.3, 0.4) is 0 Å². The topological polar surface area (TPSA) is 12.0 Å². The molecule has 0 radical (unpaired) electrons. The Morgan fingerprint density at radius 3 is 2.73 bits per heavy atom. The molecular weight excluding hydrogens is 213 g/mol. The lowest BCUT2D eigenvalue weighted by atomic mass is 10.0. The van der Waals surface area contributed by atoms with Crippen molar-refractivity contribution in [3.63, 3.8) is 0 Å². The van der Waals surface area contributed by atoms with Crippen LogP contribution in [0.2, 0.25) is 5.02 Å². The molecule has 1 aromatic carbocycles. The number of unbranched alkanes of at least 4 members (excludes halogenated alkanes) is 1. The molecule has 0 fully saturated rings. The Balaban J connectivity index is 2.90. The van der Waals surface area contributed by atoms with Gasteiger partial charge in [-0.15, -0.1) is 0 Å². The van der Waals surface area contributed by atoms with Gasteiger partial charge >= 0.3 is 0 Å². The number of nitrogens with one attached hydrogen (secondary N) is 1.